The Morgan fingerprint density at radius 2 is 2.04 bits per heavy atom. The molecule has 0 radical (unpaired) electrons. The monoisotopic (exact) mass is 334 g/mol. The number of benzene rings is 1. The largest absolute Gasteiger partial charge is 0.507 e. The summed E-state index contributed by atoms with van der Waals surface area (Å²) in [7, 11) is 0. The van der Waals surface area contributed by atoms with Crippen molar-refractivity contribution in [1.29, 1.82) is 0 Å². The Morgan fingerprint density at radius 3 is 2.72 bits per heavy atom. The summed E-state index contributed by atoms with van der Waals surface area (Å²) in [5, 5.41) is 22.0. The number of nitrogens with zero attached hydrogens (tertiary/aromatic N) is 5. The van der Waals surface area contributed by atoms with Crippen LogP contribution in [0.25, 0.3) is 23.2 Å². The van der Waals surface area contributed by atoms with Gasteiger partial charge in [0.25, 0.3) is 0 Å². The number of phenolic OH excluding ortho intramolecular Hbond substituents is 1. The van der Waals surface area contributed by atoms with E-state index in [1.165, 1.54) is 5.57 Å². The number of hydrogen-bond acceptors (Lipinski definition) is 6. The molecule has 126 valence electrons. The lowest BCUT2D eigenvalue weighted by Crippen LogP contribution is -2.23. The number of nitrogens with one attached hydrogen (secondary N) is 1. The van der Waals surface area contributed by atoms with E-state index in [1.54, 1.807) is 30.9 Å². The minimum atomic E-state index is 0.109. The molecule has 3 heterocycles. The van der Waals surface area contributed by atoms with Crippen molar-refractivity contribution in [2.45, 2.75) is 12.8 Å². The number of phenols is 1. The second-order valence-electron chi connectivity index (χ2n) is 5.93. The number of hydrogen-bond donors (Lipinski definition) is 2. The third-order valence-corrected chi connectivity index (χ3v) is 4.20. The van der Waals surface area contributed by atoms with Crippen LogP contribution >= 0.6 is 0 Å². The highest BCUT2D eigenvalue weighted by molar-refractivity contribution is 5.66. The second-order valence-corrected chi connectivity index (χ2v) is 5.93. The summed E-state index contributed by atoms with van der Waals surface area (Å²) in [5.41, 5.74) is 3.47. The zero-order valence-corrected chi connectivity index (χ0v) is 13.6. The zero-order valence-electron chi connectivity index (χ0n) is 13.6. The van der Waals surface area contributed by atoms with Crippen LogP contribution in [0.3, 0.4) is 0 Å². The second kappa shape index (κ2) is 6.82. The van der Waals surface area contributed by atoms with E-state index in [4.69, 9.17) is 0 Å². The minimum Gasteiger partial charge on any atom is -0.507 e. The Bertz CT molecular complexity index is 878. The zero-order chi connectivity index (χ0) is 17.1. The van der Waals surface area contributed by atoms with E-state index in [1.807, 2.05) is 22.9 Å². The fourth-order valence-corrected chi connectivity index (χ4v) is 2.86. The summed E-state index contributed by atoms with van der Waals surface area (Å²) >= 11 is 0. The Kier molecular flexibility index (Phi) is 4.22. The molecule has 7 nitrogen and oxygen atoms in total. The predicted octanol–water partition coefficient (Wildman–Crippen LogP) is 2.20. The molecule has 1 fully saturated rings. The molecule has 3 aromatic rings. The van der Waals surface area contributed by atoms with Gasteiger partial charge in [0.15, 0.2) is 5.82 Å². The molecular formula is C18H18N6O. The molecule has 0 bridgehead atoms. The van der Waals surface area contributed by atoms with Crippen molar-refractivity contribution in [2.24, 2.45) is 0 Å². The minimum absolute atomic E-state index is 0.109. The van der Waals surface area contributed by atoms with Gasteiger partial charge in [-0.1, -0.05) is 5.57 Å². The van der Waals surface area contributed by atoms with Crippen LogP contribution in [0.2, 0.25) is 0 Å². The van der Waals surface area contributed by atoms with Gasteiger partial charge in [-0.2, -0.15) is 0 Å². The molecule has 0 unspecified atom stereocenters. The molecule has 0 saturated carbocycles. The number of rotatable bonds is 3. The Hall–Kier alpha value is -3.06. The van der Waals surface area contributed by atoms with E-state index < -0.39 is 0 Å². The summed E-state index contributed by atoms with van der Waals surface area (Å²) < 4.78 is 1.82. The Morgan fingerprint density at radius 1 is 1.16 bits per heavy atom. The van der Waals surface area contributed by atoms with Gasteiger partial charge in [0, 0.05) is 18.5 Å². The molecular weight excluding hydrogens is 316 g/mol. The maximum absolute atomic E-state index is 10.3. The van der Waals surface area contributed by atoms with Gasteiger partial charge < -0.3 is 15.0 Å². The molecule has 1 aliphatic rings. The fourth-order valence-electron chi connectivity index (χ4n) is 2.86. The molecule has 25 heavy (non-hydrogen) atoms. The molecule has 4 rings (SSSR count). The van der Waals surface area contributed by atoms with Gasteiger partial charge in [-0.05, 0) is 44.1 Å². The van der Waals surface area contributed by atoms with Gasteiger partial charge >= 0.3 is 0 Å². The molecule has 0 spiro atoms. The molecule has 1 saturated heterocycles. The first kappa shape index (κ1) is 15.5. The summed E-state index contributed by atoms with van der Waals surface area (Å²) in [6, 6.07) is 5.32. The SMILES string of the molecule is Oc1cc(-n2ccnc2)ccc1-c1ncc(C=C2CCNCC2)nn1. The van der Waals surface area contributed by atoms with Crippen LogP contribution in [0.15, 0.2) is 48.7 Å². The lowest BCUT2D eigenvalue weighted by Gasteiger charge is -2.14. The van der Waals surface area contributed by atoms with Crippen molar-refractivity contribution in [2.75, 3.05) is 13.1 Å². The standard InChI is InChI=1S/C18H18N6O/c25-17-10-15(24-8-7-20-12-24)1-2-16(17)18-21-11-14(22-23-18)9-13-3-5-19-6-4-13/h1-2,7-12,19,25H,3-6H2. The summed E-state index contributed by atoms with van der Waals surface area (Å²) in [4.78, 5) is 8.36. The summed E-state index contributed by atoms with van der Waals surface area (Å²) in [6.07, 6.45) is 11.0. The predicted molar refractivity (Wildman–Crippen MR) is 94.1 cm³/mol. The van der Waals surface area contributed by atoms with Crippen molar-refractivity contribution < 1.29 is 5.11 Å². The van der Waals surface area contributed by atoms with E-state index in [-0.39, 0.29) is 5.75 Å². The quantitative estimate of drug-likeness (QED) is 0.763. The molecule has 7 heteroatoms. The number of piperidine rings is 1. The average molecular weight is 334 g/mol. The van der Waals surface area contributed by atoms with Gasteiger partial charge in [-0.25, -0.2) is 9.97 Å². The normalized spacial score (nSPS) is 14.5. The van der Waals surface area contributed by atoms with Gasteiger partial charge in [0.1, 0.15) is 11.4 Å². The molecule has 0 atom stereocenters. The topological polar surface area (TPSA) is 88.8 Å². The smallest absolute Gasteiger partial charge is 0.185 e. The van der Waals surface area contributed by atoms with Gasteiger partial charge in [-0.3, -0.25) is 0 Å². The van der Waals surface area contributed by atoms with Crippen LogP contribution in [-0.2, 0) is 0 Å². The van der Waals surface area contributed by atoms with Crippen molar-refractivity contribution >= 4 is 6.08 Å². The van der Waals surface area contributed by atoms with Gasteiger partial charge in [0.05, 0.1) is 23.8 Å². The highest BCUT2D eigenvalue weighted by atomic mass is 16.3. The number of aromatic hydroxyl groups is 1. The third kappa shape index (κ3) is 3.41. The number of aromatic nitrogens is 5. The third-order valence-electron chi connectivity index (χ3n) is 4.20. The molecule has 2 N–H and O–H groups in total. The summed E-state index contributed by atoms with van der Waals surface area (Å²) in [6.45, 7) is 2.00. The lowest BCUT2D eigenvalue weighted by molar-refractivity contribution is 0.476. The van der Waals surface area contributed by atoms with Gasteiger partial charge in [0.2, 0.25) is 0 Å². The van der Waals surface area contributed by atoms with E-state index >= 15 is 0 Å². The van der Waals surface area contributed by atoms with Crippen molar-refractivity contribution in [3.63, 3.8) is 0 Å². The highest BCUT2D eigenvalue weighted by Gasteiger charge is 2.10. The van der Waals surface area contributed by atoms with Crippen molar-refractivity contribution in [3.8, 4) is 22.8 Å². The van der Waals surface area contributed by atoms with Crippen LogP contribution in [0.4, 0.5) is 0 Å². The summed E-state index contributed by atoms with van der Waals surface area (Å²) in [5.74, 6) is 0.514. The maximum atomic E-state index is 10.3. The van der Waals surface area contributed by atoms with Crippen LogP contribution in [0.1, 0.15) is 18.5 Å². The first-order chi connectivity index (χ1) is 12.3. The van der Waals surface area contributed by atoms with E-state index in [2.05, 4.69) is 25.5 Å². The van der Waals surface area contributed by atoms with Crippen LogP contribution < -0.4 is 5.32 Å². The van der Waals surface area contributed by atoms with Crippen LogP contribution in [0, 0.1) is 0 Å². The van der Waals surface area contributed by atoms with Crippen molar-refractivity contribution in [3.05, 3.63) is 54.4 Å². The van der Waals surface area contributed by atoms with E-state index in [0.717, 1.165) is 37.3 Å². The average Bonchev–Trinajstić information content (AvgIpc) is 3.18. The highest BCUT2D eigenvalue weighted by Crippen LogP contribution is 2.28. The van der Waals surface area contributed by atoms with E-state index in [9.17, 15) is 5.11 Å². The first-order valence-corrected chi connectivity index (χ1v) is 8.21. The molecule has 0 aliphatic carbocycles. The van der Waals surface area contributed by atoms with Crippen molar-refractivity contribution in [1.82, 2.24) is 30.0 Å². The fraction of sp³-hybridized carbons (Fsp3) is 0.222. The number of imidazole rings is 1. The Labute approximate surface area is 145 Å². The molecule has 1 aromatic carbocycles. The first-order valence-electron chi connectivity index (χ1n) is 8.21. The molecule has 2 aromatic heterocycles. The van der Waals surface area contributed by atoms with Crippen LogP contribution in [0.5, 0.6) is 5.75 Å². The molecule has 1 aliphatic heterocycles. The van der Waals surface area contributed by atoms with Crippen LogP contribution in [-0.4, -0.2) is 42.9 Å². The maximum Gasteiger partial charge on any atom is 0.185 e. The lowest BCUT2D eigenvalue weighted by atomic mass is 10.0. The molecule has 0 amide bonds. The van der Waals surface area contributed by atoms with Gasteiger partial charge in [-0.15, -0.1) is 10.2 Å². The van der Waals surface area contributed by atoms with E-state index in [0.29, 0.717) is 11.4 Å². The Balaban J connectivity index is 1.57.